The molecule has 0 saturated carbocycles. The summed E-state index contributed by atoms with van der Waals surface area (Å²) in [5.41, 5.74) is 5.63. The molecule has 2 atom stereocenters. The smallest absolute Gasteiger partial charge is 0.249 e. The third-order valence-corrected chi connectivity index (χ3v) is 9.69. The van der Waals surface area contributed by atoms with Gasteiger partial charge in [-0.05, 0) is 61.1 Å². The van der Waals surface area contributed by atoms with Gasteiger partial charge in [0.1, 0.15) is 6.07 Å². The maximum Gasteiger partial charge on any atom is 0.249 e. The lowest BCUT2D eigenvalue weighted by atomic mass is 9.86. The van der Waals surface area contributed by atoms with Crippen molar-refractivity contribution in [1.82, 2.24) is 9.62 Å². The number of nitriles is 1. The van der Waals surface area contributed by atoms with Crippen LogP contribution in [0.25, 0.3) is 0 Å². The fraction of sp³-hybridized carbons (Fsp3) is 0.407. The minimum absolute atomic E-state index is 0.00572. The Morgan fingerprint density at radius 3 is 2.42 bits per heavy atom. The number of carbonyl (C=O) groups is 3. The van der Waals surface area contributed by atoms with Crippen molar-refractivity contribution in [2.24, 2.45) is 11.7 Å². The summed E-state index contributed by atoms with van der Waals surface area (Å²) in [4.78, 5) is 38.7. The van der Waals surface area contributed by atoms with Crippen molar-refractivity contribution in [3.05, 3.63) is 59.2 Å². The van der Waals surface area contributed by atoms with E-state index in [2.05, 4.69) is 5.32 Å². The maximum absolute atomic E-state index is 13.6. The minimum Gasteiger partial charge on any atom is -0.366 e. The van der Waals surface area contributed by atoms with E-state index >= 15 is 0 Å². The highest BCUT2D eigenvalue weighted by Crippen LogP contribution is 2.30. The summed E-state index contributed by atoms with van der Waals surface area (Å²) in [5, 5.41) is 12.1. The largest absolute Gasteiger partial charge is 0.366 e. The number of carbonyl (C=O) groups excluding carboxylic acids is 3. The zero-order valence-electron chi connectivity index (χ0n) is 22.5. The van der Waals surface area contributed by atoms with Crippen molar-refractivity contribution in [3.63, 3.8) is 0 Å². The summed E-state index contributed by atoms with van der Waals surface area (Å²) < 4.78 is 51.9. The Labute approximate surface area is 234 Å². The lowest BCUT2D eigenvalue weighted by Gasteiger charge is -2.24. The standard InChI is InChI=1S/C27H32N4O7S2/c1-17(2)13-22(21-14-19(39(3,35)36)10-11-20(21)26(29)33)27(34)30-23-8-6-12-31(16-24(23)32)40(37,38)25-9-5-4-7-18(25)15-28/h4-5,7,9-11,14,17,22-23H,6,8,12-13,16H2,1-3H3,(H2,29,33)(H,30,34)/t22-,23?/m0/s1. The van der Waals surface area contributed by atoms with Gasteiger partial charge in [-0.3, -0.25) is 14.4 Å². The molecule has 0 aromatic heterocycles. The highest BCUT2D eigenvalue weighted by atomic mass is 32.2. The van der Waals surface area contributed by atoms with Gasteiger partial charge in [-0.1, -0.05) is 26.0 Å². The molecule has 3 N–H and O–H groups in total. The quantitative estimate of drug-likeness (QED) is 0.443. The van der Waals surface area contributed by atoms with Crippen LogP contribution >= 0.6 is 0 Å². The molecule has 1 aliphatic heterocycles. The van der Waals surface area contributed by atoms with Crippen molar-refractivity contribution in [2.75, 3.05) is 19.3 Å². The van der Waals surface area contributed by atoms with E-state index in [1.807, 2.05) is 19.9 Å². The summed E-state index contributed by atoms with van der Waals surface area (Å²) in [7, 11) is -7.82. The summed E-state index contributed by atoms with van der Waals surface area (Å²) in [6.45, 7) is 3.21. The lowest BCUT2D eigenvalue weighted by Crippen LogP contribution is -2.46. The van der Waals surface area contributed by atoms with Crippen LogP contribution in [-0.4, -0.2) is 64.1 Å². The van der Waals surface area contributed by atoms with E-state index < -0.39 is 56.0 Å². The van der Waals surface area contributed by atoms with Gasteiger partial charge >= 0.3 is 0 Å². The molecule has 2 amide bonds. The van der Waals surface area contributed by atoms with Gasteiger partial charge in [0.25, 0.3) is 0 Å². The van der Waals surface area contributed by atoms with Crippen molar-refractivity contribution in [1.29, 1.82) is 5.26 Å². The molecule has 0 aliphatic carbocycles. The second-order valence-corrected chi connectivity index (χ2v) is 14.1. The highest BCUT2D eigenvalue weighted by molar-refractivity contribution is 7.90. The Hall–Kier alpha value is -3.60. The predicted molar refractivity (Wildman–Crippen MR) is 146 cm³/mol. The van der Waals surface area contributed by atoms with Gasteiger partial charge in [0.2, 0.25) is 21.8 Å². The minimum atomic E-state index is -4.15. The number of benzene rings is 2. The van der Waals surface area contributed by atoms with Crippen molar-refractivity contribution in [2.45, 2.75) is 54.9 Å². The zero-order valence-corrected chi connectivity index (χ0v) is 24.1. The first kappa shape index (κ1) is 30.9. The molecular formula is C27H32N4O7S2. The first-order chi connectivity index (χ1) is 18.7. The fourth-order valence-electron chi connectivity index (χ4n) is 4.68. The molecule has 1 aliphatic rings. The number of ketones is 1. The summed E-state index contributed by atoms with van der Waals surface area (Å²) in [6.07, 6.45) is 1.66. The summed E-state index contributed by atoms with van der Waals surface area (Å²) >= 11 is 0. The normalized spacial score (nSPS) is 17.6. The molecule has 11 nitrogen and oxygen atoms in total. The van der Waals surface area contributed by atoms with E-state index in [1.54, 1.807) is 6.07 Å². The number of nitrogens with two attached hydrogens (primary N) is 1. The zero-order chi connectivity index (χ0) is 29.8. The van der Waals surface area contributed by atoms with Gasteiger partial charge in [-0.25, -0.2) is 16.8 Å². The van der Waals surface area contributed by atoms with Crippen LogP contribution in [0.4, 0.5) is 0 Å². The van der Waals surface area contributed by atoms with Crippen LogP contribution in [0.15, 0.2) is 52.3 Å². The van der Waals surface area contributed by atoms with Crippen molar-refractivity contribution in [3.8, 4) is 6.07 Å². The number of nitrogens with one attached hydrogen (secondary N) is 1. The molecule has 1 fully saturated rings. The van der Waals surface area contributed by atoms with Crippen molar-refractivity contribution < 1.29 is 31.2 Å². The molecule has 13 heteroatoms. The average Bonchev–Trinajstić information content (AvgIpc) is 3.07. The van der Waals surface area contributed by atoms with E-state index in [1.165, 1.54) is 36.4 Å². The molecule has 0 radical (unpaired) electrons. The van der Waals surface area contributed by atoms with E-state index in [4.69, 9.17) is 5.73 Å². The fourth-order valence-corrected chi connectivity index (χ4v) is 6.92. The molecule has 2 aromatic rings. The molecule has 214 valence electrons. The van der Waals surface area contributed by atoms with Crippen LogP contribution in [-0.2, 0) is 29.4 Å². The van der Waals surface area contributed by atoms with E-state index in [0.717, 1.165) is 10.6 Å². The van der Waals surface area contributed by atoms with Gasteiger partial charge in [0.15, 0.2) is 15.6 Å². The maximum atomic E-state index is 13.6. The Kier molecular flexibility index (Phi) is 9.50. The predicted octanol–water partition coefficient (Wildman–Crippen LogP) is 1.73. The Morgan fingerprint density at radius 1 is 1.15 bits per heavy atom. The van der Waals surface area contributed by atoms with Gasteiger partial charge < -0.3 is 11.1 Å². The molecular weight excluding hydrogens is 556 g/mol. The third kappa shape index (κ3) is 6.93. The number of nitrogens with zero attached hydrogens (tertiary/aromatic N) is 2. The number of amides is 2. The van der Waals surface area contributed by atoms with Crippen LogP contribution < -0.4 is 11.1 Å². The van der Waals surface area contributed by atoms with E-state index in [0.29, 0.717) is 0 Å². The molecule has 2 aromatic carbocycles. The first-order valence-electron chi connectivity index (χ1n) is 12.6. The molecule has 40 heavy (non-hydrogen) atoms. The number of rotatable bonds is 9. The number of sulfone groups is 1. The molecule has 1 saturated heterocycles. The Morgan fingerprint density at radius 2 is 1.82 bits per heavy atom. The van der Waals surface area contributed by atoms with Gasteiger partial charge in [-0.2, -0.15) is 9.57 Å². The summed E-state index contributed by atoms with van der Waals surface area (Å²) in [6, 6.07) is 10.3. The van der Waals surface area contributed by atoms with Crippen molar-refractivity contribution >= 4 is 37.5 Å². The molecule has 1 heterocycles. The van der Waals surface area contributed by atoms with Crippen LogP contribution in [0.1, 0.15) is 60.5 Å². The number of hydrogen-bond acceptors (Lipinski definition) is 8. The SMILES string of the molecule is CC(C)C[C@H](C(=O)NC1CCCN(S(=O)(=O)c2ccccc2C#N)CC1=O)c1cc(S(C)(=O)=O)ccc1C(N)=O. The van der Waals surface area contributed by atoms with Gasteiger partial charge in [-0.15, -0.1) is 0 Å². The summed E-state index contributed by atoms with van der Waals surface area (Å²) in [5.74, 6) is -3.02. The lowest BCUT2D eigenvalue weighted by molar-refractivity contribution is -0.128. The van der Waals surface area contributed by atoms with Crippen LogP contribution in [0.3, 0.4) is 0 Å². The Bertz CT molecular complexity index is 1580. The van der Waals surface area contributed by atoms with Gasteiger partial charge in [0, 0.05) is 18.4 Å². The number of Topliss-reactive ketones (excluding diaryl/α,β-unsaturated/α-hetero) is 1. The monoisotopic (exact) mass is 588 g/mol. The molecule has 0 bridgehead atoms. The number of primary amides is 1. The van der Waals surface area contributed by atoms with Crippen LogP contribution in [0.5, 0.6) is 0 Å². The number of hydrogen-bond donors (Lipinski definition) is 2. The number of sulfonamides is 1. The second kappa shape index (κ2) is 12.3. The molecule has 1 unspecified atom stereocenters. The average molecular weight is 589 g/mol. The van der Waals surface area contributed by atoms with Gasteiger partial charge in [0.05, 0.1) is 33.9 Å². The first-order valence-corrected chi connectivity index (χ1v) is 16.0. The second-order valence-electron chi connectivity index (χ2n) is 10.2. The highest BCUT2D eigenvalue weighted by Gasteiger charge is 2.36. The Balaban J connectivity index is 1.91. The van der Waals surface area contributed by atoms with E-state index in [-0.39, 0.29) is 58.2 Å². The van der Waals surface area contributed by atoms with Crippen LogP contribution in [0.2, 0.25) is 0 Å². The molecule has 3 rings (SSSR count). The topological polar surface area (TPSA) is 185 Å². The molecule has 0 spiro atoms. The van der Waals surface area contributed by atoms with Crippen LogP contribution in [0, 0.1) is 17.2 Å². The van der Waals surface area contributed by atoms with E-state index in [9.17, 15) is 36.5 Å². The third-order valence-electron chi connectivity index (χ3n) is 6.68.